The zero-order chi connectivity index (χ0) is 15.5. The fraction of sp³-hybridized carbons (Fsp3) is 0.357. The van der Waals surface area contributed by atoms with Gasteiger partial charge in [0.25, 0.3) is 0 Å². The van der Waals surface area contributed by atoms with Gasteiger partial charge in [0.1, 0.15) is 11.3 Å². The minimum Gasteiger partial charge on any atom is -0.496 e. The zero-order valence-corrected chi connectivity index (χ0v) is 12.4. The van der Waals surface area contributed by atoms with Crippen molar-refractivity contribution in [3.8, 4) is 5.75 Å². The Morgan fingerprint density at radius 2 is 2.19 bits per heavy atom. The van der Waals surface area contributed by atoms with Crippen LogP contribution in [0.5, 0.6) is 5.75 Å². The van der Waals surface area contributed by atoms with Gasteiger partial charge in [-0.1, -0.05) is 12.2 Å². The Balaban J connectivity index is 2.29. The van der Waals surface area contributed by atoms with Crippen molar-refractivity contribution in [1.82, 2.24) is 4.72 Å². The van der Waals surface area contributed by atoms with E-state index in [1.165, 1.54) is 25.3 Å². The summed E-state index contributed by atoms with van der Waals surface area (Å²) < 4.78 is 32.1. The number of carboxylic acid groups (broad SMARTS) is 1. The molecule has 1 aromatic rings. The van der Waals surface area contributed by atoms with Gasteiger partial charge in [-0.05, 0) is 31.4 Å². The van der Waals surface area contributed by atoms with Gasteiger partial charge in [-0.25, -0.2) is 17.9 Å². The van der Waals surface area contributed by atoms with Crippen LogP contribution in [0.25, 0.3) is 0 Å². The second-order valence-corrected chi connectivity index (χ2v) is 6.47. The van der Waals surface area contributed by atoms with Crippen LogP contribution in [0.4, 0.5) is 0 Å². The number of hydrogen-bond donors (Lipinski definition) is 2. The molecule has 1 atom stereocenters. The van der Waals surface area contributed by atoms with E-state index in [0.717, 1.165) is 19.3 Å². The average Bonchev–Trinajstić information content (AvgIpc) is 2.47. The molecule has 7 heteroatoms. The standard InChI is InChI=1S/C14H17NO5S/c1-20-13-9-11(7-8-12(13)14(16)17)21(18,19)15-10-5-3-2-4-6-10/h3,5,7-10,15H,2,4,6H2,1H3,(H,16,17). The van der Waals surface area contributed by atoms with E-state index in [-0.39, 0.29) is 22.3 Å². The van der Waals surface area contributed by atoms with E-state index in [1.807, 2.05) is 12.2 Å². The minimum atomic E-state index is -3.71. The van der Waals surface area contributed by atoms with Gasteiger partial charge >= 0.3 is 5.97 Å². The van der Waals surface area contributed by atoms with Gasteiger partial charge in [-0.2, -0.15) is 0 Å². The molecule has 0 aromatic heterocycles. The molecule has 0 spiro atoms. The van der Waals surface area contributed by atoms with Crippen LogP contribution in [0.1, 0.15) is 29.6 Å². The largest absolute Gasteiger partial charge is 0.496 e. The second kappa shape index (κ2) is 6.28. The van der Waals surface area contributed by atoms with Gasteiger partial charge in [-0.3, -0.25) is 0 Å². The Morgan fingerprint density at radius 3 is 2.76 bits per heavy atom. The van der Waals surface area contributed by atoms with Crippen molar-refractivity contribution in [2.24, 2.45) is 0 Å². The molecule has 0 aliphatic heterocycles. The first-order chi connectivity index (χ1) is 9.94. The number of carboxylic acids is 1. The first kappa shape index (κ1) is 15.5. The van der Waals surface area contributed by atoms with Crippen molar-refractivity contribution in [2.45, 2.75) is 30.2 Å². The van der Waals surface area contributed by atoms with Gasteiger partial charge in [0.2, 0.25) is 10.0 Å². The van der Waals surface area contributed by atoms with Crippen molar-refractivity contribution in [3.05, 3.63) is 35.9 Å². The van der Waals surface area contributed by atoms with E-state index < -0.39 is 16.0 Å². The number of allylic oxidation sites excluding steroid dienone is 1. The quantitative estimate of drug-likeness (QED) is 0.809. The fourth-order valence-corrected chi connectivity index (χ4v) is 3.43. The second-order valence-electron chi connectivity index (χ2n) is 4.75. The van der Waals surface area contributed by atoms with E-state index >= 15 is 0 Å². The summed E-state index contributed by atoms with van der Waals surface area (Å²) in [5.74, 6) is -1.15. The minimum absolute atomic E-state index is 0.0108. The first-order valence-electron chi connectivity index (χ1n) is 6.54. The van der Waals surface area contributed by atoms with Crippen molar-refractivity contribution in [1.29, 1.82) is 0 Å². The van der Waals surface area contributed by atoms with Gasteiger partial charge in [0.15, 0.2) is 0 Å². The van der Waals surface area contributed by atoms with E-state index in [9.17, 15) is 13.2 Å². The molecule has 1 aromatic carbocycles. The summed E-state index contributed by atoms with van der Waals surface area (Å²) >= 11 is 0. The lowest BCUT2D eigenvalue weighted by molar-refractivity contribution is 0.0693. The van der Waals surface area contributed by atoms with E-state index in [0.29, 0.717) is 0 Å². The Hall–Kier alpha value is -1.86. The average molecular weight is 311 g/mol. The Labute approximate surface area is 123 Å². The molecule has 2 N–H and O–H groups in total. The van der Waals surface area contributed by atoms with Crippen molar-refractivity contribution < 1.29 is 23.1 Å². The third-order valence-electron chi connectivity index (χ3n) is 3.27. The molecule has 114 valence electrons. The molecule has 6 nitrogen and oxygen atoms in total. The molecular weight excluding hydrogens is 294 g/mol. The normalized spacial score (nSPS) is 18.4. The van der Waals surface area contributed by atoms with Crippen LogP contribution in [0.15, 0.2) is 35.2 Å². The maximum absolute atomic E-state index is 12.3. The highest BCUT2D eigenvalue weighted by molar-refractivity contribution is 7.89. The molecule has 0 bridgehead atoms. The number of hydrogen-bond acceptors (Lipinski definition) is 4. The molecule has 0 amide bonds. The molecular formula is C14H17NO5S. The summed E-state index contributed by atoms with van der Waals surface area (Å²) in [6, 6.07) is 3.49. The van der Waals surface area contributed by atoms with E-state index in [1.54, 1.807) is 0 Å². The number of carbonyl (C=O) groups is 1. The summed E-state index contributed by atoms with van der Waals surface area (Å²) in [5, 5.41) is 9.00. The lowest BCUT2D eigenvalue weighted by Crippen LogP contribution is -2.34. The maximum Gasteiger partial charge on any atom is 0.339 e. The van der Waals surface area contributed by atoms with Crippen LogP contribution in [-0.4, -0.2) is 32.6 Å². The van der Waals surface area contributed by atoms with Crippen LogP contribution in [0, 0.1) is 0 Å². The smallest absolute Gasteiger partial charge is 0.339 e. The molecule has 0 saturated heterocycles. The molecule has 21 heavy (non-hydrogen) atoms. The monoisotopic (exact) mass is 311 g/mol. The van der Waals surface area contributed by atoms with Crippen molar-refractivity contribution in [2.75, 3.05) is 7.11 Å². The summed E-state index contributed by atoms with van der Waals surface area (Å²) in [6.07, 6.45) is 6.43. The fourth-order valence-electron chi connectivity index (χ4n) is 2.19. The predicted octanol–water partition coefficient (Wildman–Crippen LogP) is 1.78. The lowest BCUT2D eigenvalue weighted by Gasteiger charge is -2.18. The Bertz CT molecular complexity index is 666. The summed E-state index contributed by atoms with van der Waals surface area (Å²) in [6.45, 7) is 0. The molecule has 2 rings (SSSR count). The number of ether oxygens (including phenoxy) is 1. The number of sulfonamides is 1. The highest BCUT2D eigenvalue weighted by Gasteiger charge is 2.22. The highest BCUT2D eigenvalue weighted by Crippen LogP contribution is 2.23. The third kappa shape index (κ3) is 3.62. The van der Waals surface area contributed by atoms with Crippen molar-refractivity contribution >= 4 is 16.0 Å². The predicted molar refractivity (Wildman–Crippen MR) is 77.1 cm³/mol. The molecule has 0 radical (unpaired) electrons. The third-order valence-corrected chi connectivity index (χ3v) is 4.76. The van der Waals surface area contributed by atoms with E-state index in [2.05, 4.69) is 4.72 Å². The van der Waals surface area contributed by atoms with Crippen LogP contribution < -0.4 is 9.46 Å². The Morgan fingerprint density at radius 1 is 1.43 bits per heavy atom. The summed E-state index contributed by atoms with van der Waals surface area (Å²) in [7, 11) is -2.41. The lowest BCUT2D eigenvalue weighted by atomic mass is 10.0. The van der Waals surface area contributed by atoms with Gasteiger partial charge in [0.05, 0.1) is 12.0 Å². The molecule has 1 aliphatic rings. The first-order valence-corrected chi connectivity index (χ1v) is 8.02. The summed E-state index contributed by atoms with van der Waals surface area (Å²) in [4.78, 5) is 11.0. The molecule has 1 aliphatic carbocycles. The van der Waals surface area contributed by atoms with Gasteiger partial charge in [-0.15, -0.1) is 0 Å². The number of rotatable bonds is 5. The number of aromatic carboxylic acids is 1. The van der Waals surface area contributed by atoms with Gasteiger partial charge < -0.3 is 9.84 Å². The molecule has 1 unspecified atom stereocenters. The van der Waals surface area contributed by atoms with E-state index in [4.69, 9.17) is 9.84 Å². The maximum atomic E-state index is 12.3. The van der Waals surface area contributed by atoms with Crippen LogP contribution in [0.2, 0.25) is 0 Å². The number of methoxy groups -OCH3 is 1. The topological polar surface area (TPSA) is 92.7 Å². The van der Waals surface area contributed by atoms with Crippen LogP contribution in [-0.2, 0) is 10.0 Å². The van der Waals surface area contributed by atoms with Crippen LogP contribution >= 0.6 is 0 Å². The van der Waals surface area contributed by atoms with Crippen LogP contribution in [0.3, 0.4) is 0 Å². The SMILES string of the molecule is COc1cc(S(=O)(=O)NC2C=CCCC2)ccc1C(=O)O. The highest BCUT2D eigenvalue weighted by atomic mass is 32.2. The summed E-state index contributed by atoms with van der Waals surface area (Å²) in [5.41, 5.74) is -0.0750. The molecule has 0 heterocycles. The number of benzene rings is 1. The molecule has 0 fully saturated rings. The number of nitrogens with one attached hydrogen (secondary N) is 1. The van der Waals surface area contributed by atoms with Crippen molar-refractivity contribution in [3.63, 3.8) is 0 Å². The Kier molecular flexibility index (Phi) is 4.64. The molecule has 0 saturated carbocycles. The van der Waals surface area contributed by atoms with Gasteiger partial charge in [0, 0.05) is 12.1 Å². The zero-order valence-electron chi connectivity index (χ0n) is 11.6.